The van der Waals surface area contributed by atoms with Crippen molar-refractivity contribution in [3.05, 3.63) is 72.3 Å². The molecule has 4 rings (SSSR count). The molecule has 0 N–H and O–H groups in total. The Kier molecular flexibility index (Phi) is 6.40. The summed E-state index contributed by atoms with van der Waals surface area (Å²) in [6.07, 6.45) is 4.57. The number of hydrogen-bond donors (Lipinski definition) is 0. The fourth-order valence-corrected chi connectivity index (χ4v) is 3.73. The summed E-state index contributed by atoms with van der Waals surface area (Å²) < 4.78 is 13.0. The van der Waals surface area contributed by atoms with Gasteiger partial charge in [-0.2, -0.15) is 0 Å². The van der Waals surface area contributed by atoms with Crippen molar-refractivity contribution in [2.75, 3.05) is 38.2 Å². The number of carbonyl (C=O) groups is 1. The first kappa shape index (κ1) is 20.8. The zero-order valence-corrected chi connectivity index (χ0v) is 18.0. The molecule has 1 aliphatic rings. The van der Waals surface area contributed by atoms with Gasteiger partial charge in [0.2, 0.25) is 0 Å². The summed E-state index contributed by atoms with van der Waals surface area (Å²) in [7, 11) is 3.61. The Balaban J connectivity index is 1.33. The van der Waals surface area contributed by atoms with Gasteiger partial charge < -0.3 is 23.8 Å². The van der Waals surface area contributed by atoms with Crippen molar-refractivity contribution in [2.24, 2.45) is 7.05 Å². The molecule has 0 saturated carbocycles. The van der Waals surface area contributed by atoms with Crippen molar-refractivity contribution in [2.45, 2.75) is 13.0 Å². The van der Waals surface area contributed by atoms with Gasteiger partial charge in [-0.1, -0.05) is 0 Å². The molecule has 3 aromatic rings. The number of hydrogen-bond acceptors (Lipinski definition) is 5. The summed E-state index contributed by atoms with van der Waals surface area (Å²) >= 11 is 0. The van der Waals surface area contributed by atoms with Crippen LogP contribution in [0.1, 0.15) is 22.6 Å². The molecule has 2 heterocycles. The van der Waals surface area contributed by atoms with Gasteiger partial charge in [0.25, 0.3) is 5.91 Å². The lowest BCUT2D eigenvalue weighted by molar-refractivity contribution is 0.0767. The maximum atomic E-state index is 13.0. The highest BCUT2D eigenvalue weighted by molar-refractivity contribution is 5.94. The monoisotopic (exact) mass is 420 g/mol. The fourth-order valence-electron chi connectivity index (χ4n) is 3.73. The molecule has 1 amide bonds. The van der Waals surface area contributed by atoms with E-state index in [-0.39, 0.29) is 5.91 Å². The average Bonchev–Trinajstić information content (AvgIpc) is 3.07. The summed E-state index contributed by atoms with van der Waals surface area (Å²) in [5, 5.41) is 0. The number of imidazole rings is 1. The Labute approximate surface area is 182 Å². The summed E-state index contributed by atoms with van der Waals surface area (Å²) in [6.45, 7) is 3.58. The van der Waals surface area contributed by atoms with Crippen LogP contribution in [0.4, 0.5) is 5.69 Å². The second kappa shape index (κ2) is 9.55. The number of amides is 1. The molecular weight excluding hydrogens is 392 g/mol. The molecule has 0 radical (unpaired) electrons. The van der Waals surface area contributed by atoms with E-state index in [2.05, 4.69) is 22.0 Å². The number of ether oxygens (including phenoxy) is 2. The predicted molar refractivity (Wildman–Crippen MR) is 120 cm³/mol. The van der Waals surface area contributed by atoms with Gasteiger partial charge in [0.1, 0.15) is 23.9 Å². The molecule has 31 heavy (non-hydrogen) atoms. The zero-order chi connectivity index (χ0) is 21.6. The lowest BCUT2D eigenvalue weighted by Crippen LogP contribution is -2.35. The summed E-state index contributed by atoms with van der Waals surface area (Å²) in [6, 6.07) is 15.4. The summed E-state index contributed by atoms with van der Waals surface area (Å²) in [5.74, 6) is 2.49. The summed E-state index contributed by atoms with van der Waals surface area (Å²) in [4.78, 5) is 21.5. The number of carbonyl (C=O) groups excluding carboxylic acids is 1. The van der Waals surface area contributed by atoms with Crippen molar-refractivity contribution in [3.8, 4) is 11.5 Å². The molecule has 2 aromatic carbocycles. The molecule has 0 unspecified atom stereocenters. The van der Waals surface area contributed by atoms with Crippen LogP contribution in [0.25, 0.3) is 0 Å². The molecule has 1 fully saturated rings. The third kappa shape index (κ3) is 4.99. The number of nitrogens with zero attached hydrogens (tertiary/aromatic N) is 4. The third-order valence-electron chi connectivity index (χ3n) is 5.61. The van der Waals surface area contributed by atoms with Crippen LogP contribution in [-0.4, -0.2) is 53.6 Å². The highest BCUT2D eigenvalue weighted by atomic mass is 16.5. The minimum atomic E-state index is 0.0623. The molecule has 0 spiro atoms. The molecule has 1 aliphatic heterocycles. The van der Waals surface area contributed by atoms with E-state index in [4.69, 9.17) is 9.47 Å². The minimum Gasteiger partial charge on any atom is -0.497 e. The molecule has 0 bridgehead atoms. The number of methoxy groups -OCH3 is 1. The van der Waals surface area contributed by atoms with Gasteiger partial charge in [-0.3, -0.25) is 4.79 Å². The quantitative estimate of drug-likeness (QED) is 0.612. The zero-order valence-electron chi connectivity index (χ0n) is 18.0. The number of anilines is 1. The maximum Gasteiger partial charge on any atom is 0.253 e. The highest BCUT2D eigenvalue weighted by Gasteiger charge is 2.20. The second-order valence-corrected chi connectivity index (χ2v) is 7.60. The van der Waals surface area contributed by atoms with Crippen molar-refractivity contribution >= 4 is 11.6 Å². The molecule has 1 aromatic heterocycles. The topological polar surface area (TPSA) is 59.8 Å². The lowest BCUT2D eigenvalue weighted by atomic mass is 10.2. The van der Waals surface area contributed by atoms with Gasteiger partial charge in [0.05, 0.1) is 7.11 Å². The van der Waals surface area contributed by atoms with Crippen LogP contribution in [-0.2, 0) is 13.7 Å². The predicted octanol–water partition coefficient (Wildman–Crippen LogP) is 3.36. The number of aromatic nitrogens is 2. The van der Waals surface area contributed by atoms with Gasteiger partial charge >= 0.3 is 0 Å². The van der Waals surface area contributed by atoms with E-state index in [0.717, 1.165) is 49.1 Å². The molecule has 7 heteroatoms. The first-order valence-electron chi connectivity index (χ1n) is 10.5. The normalized spacial score (nSPS) is 14.3. The van der Waals surface area contributed by atoms with Crippen molar-refractivity contribution < 1.29 is 14.3 Å². The van der Waals surface area contributed by atoms with Crippen LogP contribution in [0, 0.1) is 0 Å². The third-order valence-corrected chi connectivity index (χ3v) is 5.61. The first-order valence-corrected chi connectivity index (χ1v) is 10.5. The van der Waals surface area contributed by atoms with Gasteiger partial charge in [0, 0.05) is 56.9 Å². The van der Waals surface area contributed by atoms with Crippen LogP contribution in [0.5, 0.6) is 11.5 Å². The Morgan fingerprint density at radius 2 is 1.71 bits per heavy atom. The Morgan fingerprint density at radius 1 is 0.968 bits per heavy atom. The van der Waals surface area contributed by atoms with Crippen LogP contribution >= 0.6 is 0 Å². The van der Waals surface area contributed by atoms with E-state index >= 15 is 0 Å². The van der Waals surface area contributed by atoms with E-state index in [1.807, 2.05) is 59.1 Å². The lowest BCUT2D eigenvalue weighted by Gasteiger charge is -2.24. The van der Waals surface area contributed by atoms with Gasteiger partial charge in [-0.25, -0.2) is 4.98 Å². The maximum absolute atomic E-state index is 13.0. The van der Waals surface area contributed by atoms with Gasteiger partial charge in [-0.05, 0) is 55.0 Å². The Hall–Kier alpha value is -3.48. The second-order valence-electron chi connectivity index (χ2n) is 7.60. The Bertz CT molecular complexity index is 998. The molecule has 162 valence electrons. The average molecular weight is 421 g/mol. The highest BCUT2D eigenvalue weighted by Crippen LogP contribution is 2.21. The number of aryl methyl sites for hydroxylation is 1. The largest absolute Gasteiger partial charge is 0.497 e. The molecule has 1 saturated heterocycles. The fraction of sp³-hybridized carbons (Fsp3) is 0.333. The first-order chi connectivity index (χ1) is 15.1. The van der Waals surface area contributed by atoms with Crippen LogP contribution in [0.3, 0.4) is 0 Å². The van der Waals surface area contributed by atoms with E-state index < -0.39 is 0 Å². The van der Waals surface area contributed by atoms with Crippen LogP contribution in [0.15, 0.2) is 60.9 Å². The van der Waals surface area contributed by atoms with Crippen molar-refractivity contribution in [1.29, 1.82) is 0 Å². The summed E-state index contributed by atoms with van der Waals surface area (Å²) in [5.41, 5.74) is 1.84. The van der Waals surface area contributed by atoms with Gasteiger partial charge in [-0.15, -0.1) is 0 Å². The van der Waals surface area contributed by atoms with Crippen LogP contribution in [0.2, 0.25) is 0 Å². The van der Waals surface area contributed by atoms with E-state index in [9.17, 15) is 4.79 Å². The smallest absolute Gasteiger partial charge is 0.253 e. The van der Waals surface area contributed by atoms with E-state index in [1.54, 1.807) is 13.3 Å². The molecule has 7 nitrogen and oxygen atoms in total. The number of benzene rings is 2. The molecule has 0 aliphatic carbocycles. The van der Waals surface area contributed by atoms with Gasteiger partial charge in [0.15, 0.2) is 0 Å². The minimum absolute atomic E-state index is 0.0623. The van der Waals surface area contributed by atoms with Crippen molar-refractivity contribution in [1.82, 2.24) is 14.5 Å². The number of rotatable bonds is 6. The standard InChI is InChI=1S/C24H28N4O3/c1-26-15-12-25-23(26)18-31-22-8-4-19(5-9-22)24(29)28-14-3-13-27(16-17-28)20-6-10-21(30-2)11-7-20/h4-12,15H,3,13-14,16-18H2,1-2H3. The van der Waals surface area contributed by atoms with Crippen molar-refractivity contribution in [3.63, 3.8) is 0 Å². The van der Waals surface area contributed by atoms with E-state index in [0.29, 0.717) is 18.7 Å². The Morgan fingerprint density at radius 3 is 2.39 bits per heavy atom. The molecular formula is C24H28N4O3. The SMILES string of the molecule is COc1ccc(N2CCCN(C(=O)c3ccc(OCc4nccn4C)cc3)CC2)cc1. The van der Waals surface area contributed by atoms with Crippen LogP contribution < -0.4 is 14.4 Å². The molecule has 0 atom stereocenters. The van der Waals surface area contributed by atoms with E-state index in [1.165, 1.54) is 0 Å².